The van der Waals surface area contributed by atoms with Crippen LogP contribution in [0.3, 0.4) is 0 Å². The van der Waals surface area contributed by atoms with E-state index in [2.05, 4.69) is 46.1 Å². The number of carbonyl (C=O) groups excluding carboxylic acids is 1. The van der Waals surface area contributed by atoms with Crippen LogP contribution in [0, 0.1) is 18.3 Å². The Balaban J connectivity index is 1.54. The highest BCUT2D eigenvalue weighted by Crippen LogP contribution is 2.38. The minimum Gasteiger partial charge on any atom is -0.364 e. The molecule has 3 N–H and O–H groups in total. The Kier molecular flexibility index (Phi) is 5.42. The van der Waals surface area contributed by atoms with Crippen LogP contribution >= 0.6 is 0 Å². The number of fused-ring (bicyclic) bond motifs is 3. The van der Waals surface area contributed by atoms with E-state index in [9.17, 15) is 4.79 Å². The molecule has 35 heavy (non-hydrogen) atoms. The standard InChI is InChI=1S/C23H21N11O/c1-13-27-20-12-33(3)22-15(5-4-6-17(22)34(20)32-13)28-16-9-19(30-31-21(16)23(35)25-2)29-18-8-7-14(10-24)11-26-18/h4-9,11H,12H2,1-3H3,(H,25,35)(H2,26,28,29,30). The van der Waals surface area contributed by atoms with Crippen LogP contribution in [0.4, 0.5) is 28.7 Å². The third-order valence-electron chi connectivity index (χ3n) is 5.44. The third-order valence-corrected chi connectivity index (χ3v) is 5.44. The lowest BCUT2D eigenvalue weighted by Gasteiger charge is -2.29. The van der Waals surface area contributed by atoms with Crippen molar-refractivity contribution in [2.45, 2.75) is 13.5 Å². The molecule has 0 saturated carbocycles. The molecular weight excluding hydrogens is 446 g/mol. The summed E-state index contributed by atoms with van der Waals surface area (Å²) in [5.41, 5.74) is 3.60. The number of benzene rings is 1. The number of anilines is 5. The van der Waals surface area contributed by atoms with Crippen LogP contribution < -0.4 is 20.9 Å². The molecule has 0 atom stereocenters. The Morgan fingerprint density at radius 1 is 1.11 bits per heavy atom. The number of nitriles is 1. The number of rotatable bonds is 5. The fraction of sp³-hybridized carbons (Fsp3) is 0.174. The van der Waals surface area contributed by atoms with Gasteiger partial charge in [0, 0.05) is 26.4 Å². The molecule has 0 radical (unpaired) electrons. The van der Waals surface area contributed by atoms with Gasteiger partial charge in [-0.3, -0.25) is 4.79 Å². The number of nitrogens with one attached hydrogen (secondary N) is 3. The molecule has 5 rings (SSSR count). The summed E-state index contributed by atoms with van der Waals surface area (Å²) in [4.78, 5) is 23.3. The lowest BCUT2D eigenvalue weighted by molar-refractivity contribution is 0.0958. The molecule has 174 valence electrons. The Morgan fingerprint density at radius 3 is 2.71 bits per heavy atom. The lowest BCUT2D eigenvalue weighted by Crippen LogP contribution is -2.27. The maximum Gasteiger partial charge on any atom is 0.273 e. The van der Waals surface area contributed by atoms with Crippen LogP contribution in [-0.4, -0.2) is 49.9 Å². The van der Waals surface area contributed by atoms with Crippen molar-refractivity contribution < 1.29 is 4.79 Å². The van der Waals surface area contributed by atoms with Crippen molar-refractivity contribution in [1.82, 2.24) is 35.3 Å². The SMILES string of the molecule is CNC(=O)c1nnc(Nc2ccc(C#N)cn2)cc1Nc1cccc2c1N(C)Cc1nc(C)nn1-2. The number of aryl methyl sites for hydroxylation is 1. The van der Waals surface area contributed by atoms with Gasteiger partial charge in [-0.1, -0.05) is 6.07 Å². The minimum absolute atomic E-state index is 0.138. The van der Waals surface area contributed by atoms with Gasteiger partial charge in [-0.15, -0.1) is 10.2 Å². The quantitative estimate of drug-likeness (QED) is 0.399. The first-order chi connectivity index (χ1) is 17.0. The van der Waals surface area contributed by atoms with Crippen LogP contribution in [0.15, 0.2) is 42.6 Å². The van der Waals surface area contributed by atoms with Crippen LogP contribution in [0.5, 0.6) is 0 Å². The van der Waals surface area contributed by atoms with E-state index in [4.69, 9.17) is 5.26 Å². The number of amides is 1. The van der Waals surface area contributed by atoms with Gasteiger partial charge in [-0.05, 0) is 31.2 Å². The smallest absolute Gasteiger partial charge is 0.273 e. The topological polar surface area (TPSA) is 150 Å². The highest BCUT2D eigenvalue weighted by Gasteiger charge is 2.25. The maximum atomic E-state index is 12.5. The van der Waals surface area contributed by atoms with Gasteiger partial charge in [0.1, 0.15) is 17.7 Å². The predicted octanol–water partition coefficient (Wildman–Crippen LogP) is 2.43. The van der Waals surface area contributed by atoms with Crippen molar-refractivity contribution in [3.05, 3.63) is 65.5 Å². The first kappa shape index (κ1) is 21.8. The molecule has 4 aromatic rings. The second-order valence-electron chi connectivity index (χ2n) is 7.88. The van der Waals surface area contributed by atoms with Gasteiger partial charge in [0.15, 0.2) is 17.3 Å². The van der Waals surface area contributed by atoms with Crippen molar-refractivity contribution in [3.8, 4) is 11.8 Å². The Hall–Kier alpha value is -5.05. The average Bonchev–Trinajstić information content (AvgIpc) is 3.24. The molecular formula is C23H21N11O. The molecule has 12 nitrogen and oxygen atoms in total. The molecule has 0 saturated heterocycles. The normalized spacial score (nSPS) is 11.8. The number of carbonyl (C=O) groups is 1. The van der Waals surface area contributed by atoms with Crippen molar-refractivity contribution in [3.63, 3.8) is 0 Å². The first-order valence-corrected chi connectivity index (χ1v) is 10.7. The molecule has 0 bridgehead atoms. The molecule has 4 heterocycles. The van der Waals surface area contributed by atoms with E-state index in [1.165, 1.54) is 13.2 Å². The molecule has 0 aliphatic carbocycles. The summed E-state index contributed by atoms with van der Waals surface area (Å²) in [6.45, 7) is 2.45. The zero-order valence-corrected chi connectivity index (χ0v) is 19.2. The summed E-state index contributed by atoms with van der Waals surface area (Å²) >= 11 is 0. The van der Waals surface area contributed by atoms with Crippen LogP contribution in [0.2, 0.25) is 0 Å². The first-order valence-electron chi connectivity index (χ1n) is 10.7. The number of hydrogen-bond donors (Lipinski definition) is 3. The van der Waals surface area contributed by atoms with Crippen molar-refractivity contribution in [1.29, 1.82) is 5.26 Å². The highest BCUT2D eigenvalue weighted by molar-refractivity contribution is 5.99. The van der Waals surface area contributed by atoms with E-state index in [1.54, 1.807) is 18.2 Å². The van der Waals surface area contributed by atoms with Crippen molar-refractivity contribution >= 4 is 34.6 Å². The molecule has 1 aliphatic rings. The van der Waals surface area contributed by atoms with Gasteiger partial charge in [0.25, 0.3) is 5.91 Å². The van der Waals surface area contributed by atoms with Crippen LogP contribution in [-0.2, 0) is 6.54 Å². The largest absolute Gasteiger partial charge is 0.364 e. The Labute approximate surface area is 200 Å². The second kappa shape index (κ2) is 8.71. The summed E-state index contributed by atoms with van der Waals surface area (Å²) in [7, 11) is 3.51. The molecule has 12 heteroatoms. The lowest BCUT2D eigenvalue weighted by atomic mass is 10.1. The van der Waals surface area contributed by atoms with Crippen molar-refractivity contribution in [2.75, 3.05) is 29.6 Å². The number of hydrogen-bond acceptors (Lipinski definition) is 10. The number of para-hydroxylation sites is 1. The van der Waals surface area contributed by atoms with Gasteiger partial charge in [-0.25, -0.2) is 14.6 Å². The van der Waals surface area contributed by atoms with Gasteiger partial charge < -0.3 is 20.9 Å². The molecule has 1 amide bonds. The van der Waals surface area contributed by atoms with Crippen LogP contribution in [0.1, 0.15) is 27.7 Å². The van der Waals surface area contributed by atoms with E-state index in [-0.39, 0.29) is 11.6 Å². The molecule has 1 aliphatic heterocycles. The second-order valence-corrected chi connectivity index (χ2v) is 7.88. The molecule has 0 fully saturated rings. The fourth-order valence-electron chi connectivity index (χ4n) is 3.89. The molecule has 0 spiro atoms. The Bertz CT molecular complexity index is 1470. The zero-order chi connectivity index (χ0) is 24.5. The van der Waals surface area contributed by atoms with E-state index in [0.717, 1.165) is 22.9 Å². The van der Waals surface area contributed by atoms with Gasteiger partial charge in [-0.2, -0.15) is 10.4 Å². The Morgan fingerprint density at radius 2 is 1.97 bits per heavy atom. The van der Waals surface area contributed by atoms with E-state index in [1.807, 2.05) is 42.9 Å². The fourth-order valence-corrected chi connectivity index (χ4v) is 3.89. The molecule has 1 aromatic carbocycles. The third kappa shape index (κ3) is 4.06. The maximum absolute atomic E-state index is 12.5. The summed E-state index contributed by atoms with van der Waals surface area (Å²) in [6, 6.07) is 12.8. The summed E-state index contributed by atoms with van der Waals surface area (Å²) in [5.74, 6) is 2.04. The molecule has 3 aromatic heterocycles. The van der Waals surface area contributed by atoms with Gasteiger partial charge in [0.05, 0.1) is 34.9 Å². The number of pyridine rings is 1. The predicted molar refractivity (Wildman–Crippen MR) is 129 cm³/mol. The van der Waals surface area contributed by atoms with Gasteiger partial charge >= 0.3 is 0 Å². The van der Waals surface area contributed by atoms with E-state index < -0.39 is 0 Å². The van der Waals surface area contributed by atoms with E-state index in [0.29, 0.717) is 35.3 Å². The summed E-state index contributed by atoms with van der Waals surface area (Å²) < 4.78 is 1.84. The zero-order valence-electron chi connectivity index (χ0n) is 19.2. The molecule has 0 unspecified atom stereocenters. The van der Waals surface area contributed by atoms with Crippen molar-refractivity contribution in [2.24, 2.45) is 0 Å². The summed E-state index contributed by atoms with van der Waals surface area (Å²) in [6.07, 6.45) is 1.46. The minimum atomic E-state index is -0.379. The summed E-state index contributed by atoms with van der Waals surface area (Å²) in [5, 5.41) is 30.8. The number of aromatic nitrogens is 6. The number of nitrogens with zero attached hydrogens (tertiary/aromatic N) is 8. The average molecular weight is 467 g/mol. The van der Waals surface area contributed by atoms with Crippen LogP contribution in [0.25, 0.3) is 5.69 Å². The highest BCUT2D eigenvalue weighted by atomic mass is 16.1. The monoisotopic (exact) mass is 467 g/mol. The van der Waals surface area contributed by atoms with Gasteiger partial charge in [0.2, 0.25) is 0 Å². The van der Waals surface area contributed by atoms with E-state index >= 15 is 0 Å².